The number of H-pyrrole nitrogens is 1. The highest BCUT2D eigenvalue weighted by Crippen LogP contribution is 2.30. The molecule has 0 aliphatic heterocycles. The van der Waals surface area contributed by atoms with Crippen LogP contribution in [0.15, 0.2) is 18.7 Å². The summed E-state index contributed by atoms with van der Waals surface area (Å²) >= 11 is 0. The van der Waals surface area contributed by atoms with Gasteiger partial charge in [0.1, 0.15) is 11.9 Å². The van der Waals surface area contributed by atoms with Crippen molar-refractivity contribution in [2.45, 2.75) is 39.1 Å². The molecule has 2 N–H and O–H groups in total. The zero-order chi connectivity index (χ0) is 20.9. The number of carboxylic acid groups (broad SMARTS) is 1. The molecular weight excluding hydrogens is 370 g/mol. The predicted octanol–water partition coefficient (Wildman–Crippen LogP) is 2.45. The average Bonchev–Trinajstić information content (AvgIpc) is 3.13. The lowest BCUT2D eigenvalue weighted by Crippen LogP contribution is -2.41. The van der Waals surface area contributed by atoms with Crippen molar-refractivity contribution in [2.75, 3.05) is 19.1 Å². The number of nitrogens with one attached hydrogen (secondary N) is 1. The predicted molar refractivity (Wildman–Crippen MR) is 97.9 cm³/mol. The van der Waals surface area contributed by atoms with Gasteiger partial charge in [0.15, 0.2) is 12.1 Å². The first-order valence-corrected chi connectivity index (χ1v) is 8.32. The maximum absolute atomic E-state index is 12.6. The van der Waals surface area contributed by atoms with Crippen molar-refractivity contribution in [1.82, 2.24) is 20.2 Å². The second kappa shape index (κ2) is 8.76. The highest BCUT2D eigenvalue weighted by Gasteiger charge is 2.33. The molecule has 0 radical (unpaired) electrons. The Morgan fingerprint density at radius 3 is 2.43 bits per heavy atom. The lowest BCUT2D eigenvalue weighted by molar-refractivity contribution is -0.100. The normalized spacial score (nSPS) is 11.5. The minimum atomic E-state index is -1.54. The van der Waals surface area contributed by atoms with Crippen molar-refractivity contribution in [1.29, 1.82) is 0 Å². The second-order valence-electron chi connectivity index (χ2n) is 6.71. The number of hydrogen-bond acceptors (Lipinski definition) is 8. The zero-order valence-electron chi connectivity index (χ0n) is 16.3. The Bertz CT molecular complexity index is 814. The number of amides is 2. The van der Waals surface area contributed by atoms with Crippen LogP contribution in [0.25, 0.3) is 11.3 Å². The van der Waals surface area contributed by atoms with Gasteiger partial charge in [-0.15, -0.1) is 0 Å². The first kappa shape index (κ1) is 21.3. The molecule has 0 aromatic carbocycles. The standard InChI is InChI=1S/C17H23N5O6/c1-17(2,3)28-16(25)22(15(23)24)14-11(6-12(26-4)27-5)13(18-9-19-14)10-7-20-21-8-10/h7-9,12H,6H2,1-5H3,(H,20,21)(H,23,24). The van der Waals surface area contributed by atoms with Crippen LogP contribution in [0.1, 0.15) is 26.3 Å². The Hall–Kier alpha value is -3.05. The van der Waals surface area contributed by atoms with Crippen molar-refractivity contribution in [3.8, 4) is 11.3 Å². The van der Waals surface area contributed by atoms with Gasteiger partial charge in [-0.05, 0) is 20.8 Å². The third-order valence-corrected chi connectivity index (χ3v) is 3.57. The Morgan fingerprint density at radius 2 is 1.93 bits per heavy atom. The van der Waals surface area contributed by atoms with Gasteiger partial charge in [-0.1, -0.05) is 0 Å². The maximum atomic E-state index is 12.6. The Kier molecular flexibility index (Phi) is 6.65. The van der Waals surface area contributed by atoms with Crippen molar-refractivity contribution in [2.24, 2.45) is 0 Å². The van der Waals surface area contributed by atoms with Gasteiger partial charge in [-0.25, -0.2) is 19.6 Å². The molecule has 152 valence electrons. The van der Waals surface area contributed by atoms with Gasteiger partial charge in [0.25, 0.3) is 0 Å². The first-order valence-electron chi connectivity index (χ1n) is 8.32. The van der Waals surface area contributed by atoms with Crippen molar-refractivity contribution >= 4 is 18.0 Å². The molecule has 0 aliphatic rings. The van der Waals surface area contributed by atoms with E-state index in [1.807, 2.05) is 0 Å². The summed E-state index contributed by atoms with van der Waals surface area (Å²) in [7, 11) is 2.88. The largest absolute Gasteiger partial charge is 0.464 e. The highest BCUT2D eigenvalue weighted by atomic mass is 16.7. The SMILES string of the molecule is COC(Cc1c(-c2cn[nH]c2)ncnc1N(C(=O)O)C(=O)OC(C)(C)C)OC. The van der Waals surface area contributed by atoms with Gasteiger partial charge in [-0.2, -0.15) is 10.00 Å². The molecule has 11 nitrogen and oxygen atoms in total. The Balaban J connectivity index is 2.61. The van der Waals surface area contributed by atoms with E-state index >= 15 is 0 Å². The number of anilines is 1. The summed E-state index contributed by atoms with van der Waals surface area (Å²) in [5.41, 5.74) is 0.394. The van der Waals surface area contributed by atoms with Crippen molar-refractivity contribution in [3.05, 3.63) is 24.3 Å². The number of rotatable bonds is 6. The van der Waals surface area contributed by atoms with E-state index < -0.39 is 24.1 Å². The topological polar surface area (TPSA) is 140 Å². The number of nitrogens with zero attached hydrogens (tertiary/aromatic N) is 4. The summed E-state index contributed by atoms with van der Waals surface area (Å²) in [6.45, 7) is 4.90. The fraction of sp³-hybridized carbons (Fsp3) is 0.471. The smallest absolute Gasteiger partial charge is 0.425 e. The van der Waals surface area contributed by atoms with Crippen LogP contribution in [-0.4, -0.2) is 63.6 Å². The molecule has 11 heteroatoms. The Morgan fingerprint density at radius 1 is 1.25 bits per heavy atom. The molecule has 0 saturated heterocycles. The van der Waals surface area contributed by atoms with Crippen LogP contribution in [-0.2, 0) is 20.6 Å². The van der Waals surface area contributed by atoms with Gasteiger partial charge in [0, 0.05) is 38.0 Å². The van der Waals surface area contributed by atoms with Gasteiger partial charge in [0.2, 0.25) is 0 Å². The van der Waals surface area contributed by atoms with E-state index in [0.717, 1.165) is 6.33 Å². The molecule has 2 amide bonds. The number of methoxy groups -OCH3 is 2. The summed E-state index contributed by atoms with van der Waals surface area (Å²) in [4.78, 5) is 33.1. The molecule has 28 heavy (non-hydrogen) atoms. The molecule has 0 saturated carbocycles. The van der Waals surface area contributed by atoms with E-state index in [1.165, 1.54) is 20.4 Å². The van der Waals surface area contributed by atoms with E-state index in [1.54, 1.807) is 27.0 Å². The molecule has 0 atom stereocenters. The first-order chi connectivity index (χ1) is 13.2. The number of imide groups is 1. The molecule has 0 unspecified atom stereocenters. The van der Waals surface area contributed by atoms with Gasteiger partial charge >= 0.3 is 12.2 Å². The molecule has 0 spiro atoms. The third-order valence-electron chi connectivity index (χ3n) is 3.57. The van der Waals surface area contributed by atoms with E-state index in [-0.39, 0.29) is 12.2 Å². The minimum absolute atomic E-state index is 0.0796. The minimum Gasteiger partial charge on any atom is -0.464 e. The number of carbonyl (C=O) groups is 2. The summed E-state index contributed by atoms with van der Waals surface area (Å²) in [5.74, 6) is -0.146. The van der Waals surface area contributed by atoms with E-state index in [2.05, 4.69) is 20.2 Å². The molecule has 2 rings (SSSR count). The molecule has 2 heterocycles. The van der Waals surface area contributed by atoms with Crippen LogP contribution in [0.2, 0.25) is 0 Å². The summed E-state index contributed by atoms with van der Waals surface area (Å²) < 4.78 is 15.7. The van der Waals surface area contributed by atoms with Crippen LogP contribution in [0.5, 0.6) is 0 Å². The highest BCUT2D eigenvalue weighted by molar-refractivity contribution is 6.08. The van der Waals surface area contributed by atoms with Crippen LogP contribution < -0.4 is 4.90 Å². The van der Waals surface area contributed by atoms with Crippen molar-refractivity contribution < 1.29 is 28.9 Å². The summed E-state index contributed by atoms with van der Waals surface area (Å²) in [5, 5.41) is 16.2. The number of carbonyl (C=O) groups excluding carboxylic acids is 1. The van der Waals surface area contributed by atoms with Crippen molar-refractivity contribution in [3.63, 3.8) is 0 Å². The summed E-state index contributed by atoms with van der Waals surface area (Å²) in [6, 6.07) is 0. The van der Waals surface area contributed by atoms with E-state index in [0.29, 0.717) is 21.7 Å². The molecule has 2 aromatic heterocycles. The number of hydrogen-bond donors (Lipinski definition) is 2. The quantitative estimate of drug-likeness (QED) is 0.708. The molecular formula is C17H23N5O6. The zero-order valence-corrected chi connectivity index (χ0v) is 16.3. The van der Waals surface area contributed by atoms with Crippen LogP contribution in [0, 0.1) is 0 Å². The molecule has 0 aliphatic carbocycles. The van der Waals surface area contributed by atoms with Gasteiger partial charge < -0.3 is 19.3 Å². The molecule has 2 aromatic rings. The summed E-state index contributed by atoms with van der Waals surface area (Å²) in [6.07, 6.45) is 1.01. The fourth-order valence-electron chi connectivity index (χ4n) is 2.41. The fourth-order valence-corrected chi connectivity index (χ4v) is 2.41. The second-order valence-corrected chi connectivity index (χ2v) is 6.71. The lowest BCUT2D eigenvalue weighted by atomic mass is 10.1. The van der Waals surface area contributed by atoms with Crippen LogP contribution >= 0.6 is 0 Å². The molecule has 0 bridgehead atoms. The number of aromatic amines is 1. The maximum Gasteiger partial charge on any atom is 0.425 e. The van der Waals surface area contributed by atoms with Gasteiger partial charge in [0.05, 0.1) is 11.9 Å². The Labute approximate surface area is 161 Å². The van der Waals surface area contributed by atoms with Crippen LogP contribution in [0.4, 0.5) is 15.4 Å². The van der Waals surface area contributed by atoms with Crippen LogP contribution in [0.3, 0.4) is 0 Å². The average molecular weight is 393 g/mol. The van der Waals surface area contributed by atoms with E-state index in [4.69, 9.17) is 14.2 Å². The molecule has 0 fully saturated rings. The van der Waals surface area contributed by atoms with E-state index in [9.17, 15) is 14.7 Å². The third kappa shape index (κ3) is 5.02. The number of ether oxygens (including phenoxy) is 3. The number of aromatic nitrogens is 4. The lowest BCUT2D eigenvalue weighted by Gasteiger charge is -2.26. The monoisotopic (exact) mass is 393 g/mol. The van der Waals surface area contributed by atoms with Gasteiger partial charge in [-0.3, -0.25) is 5.10 Å².